The maximum absolute atomic E-state index is 13.6. The molecule has 0 bridgehead atoms. The number of ether oxygens (including phenoxy) is 2. The molecule has 0 aromatic heterocycles. The molecule has 1 fully saturated rings. The van der Waals surface area contributed by atoms with Gasteiger partial charge < -0.3 is 19.7 Å². The Morgan fingerprint density at radius 2 is 2.21 bits per heavy atom. The highest BCUT2D eigenvalue weighted by Crippen LogP contribution is 2.15. The third-order valence-corrected chi connectivity index (χ3v) is 4.71. The minimum Gasteiger partial charge on any atom is -0.489 e. The molecule has 0 amide bonds. The van der Waals surface area contributed by atoms with Crippen LogP contribution < -0.4 is 10.1 Å². The van der Waals surface area contributed by atoms with Crippen molar-refractivity contribution in [2.45, 2.75) is 32.9 Å². The summed E-state index contributed by atoms with van der Waals surface area (Å²) in [5, 5.41) is 3.32. The van der Waals surface area contributed by atoms with Crippen molar-refractivity contribution in [2.75, 3.05) is 53.0 Å². The highest BCUT2D eigenvalue weighted by molar-refractivity contribution is 14.0. The molecule has 0 radical (unpaired) electrons. The van der Waals surface area contributed by atoms with Crippen LogP contribution in [-0.2, 0) is 4.74 Å². The van der Waals surface area contributed by atoms with Gasteiger partial charge in [0.1, 0.15) is 6.61 Å². The molecule has 1 aliphatic rings. The first kappa shape index (κ1) is 24.9. The zero-order valence-electron chi connectivity index (χ0n) is 17.4. The van der Waals surface area contributed by atoms with Gasteiger partial charge in [0.2, 0.25) is 0 Å². The largest absolute Gasteiger partial charge is 0.489 e. The first-order valence-corrected chi connectivity index (χ1v) is 9.73. The average molecular weight is 508 g/mol. The molecule has 1 N–H and O–H groups in total. The van der Waals surface area contributed by atoms with E-state index in [1.807, 2.05) is 18.9 Å². The van der Waals surface area contributed by atoms with Gasteiger partial charge in [-0.3, -0.25) is 9.89 Å². The number of guanidine groups is 1. The van der Waals surface area contributed by atoms with Crippen LogP contribution in [-0.4, -0.2) is 80.9 Å². The quantitative estimate of drug-likeness (QED) is 0.333. The van der Waals surface area contributed by atoms with E-state index in [1.165, 1.54) is 6.07 Å². The number of morpholine rings is 1. The molecule has 160 valence electrons. The Balaban J connectivity index is 0.00000392. The number of nitrogens with zero attached hydrogens (tertiary/aromatic N) is 3. The molecular formula is C20H34FIN4O2. The zero-order valence-corrected chi connectivity index (χ0v) is 19.7. The number of halogens is 2. The number of likely N-dealkylation sites (N-methyl/N-ethyl adjacent to an activating group) is 1. The summed E-state index contributed by atoms with van der Waals surface area (Å²) < 4.78 is 24.7. The molecule has 1 aromatic rings. The molecule has 28 heavy (non-hydrogen) atoms. The van der Waals surface area contributed by atoms with E-state index in [0.717, 1.165) is 32.3 Å². The van der Waals surface area contributed by atoms with E-state index in [2.05, 4.69) is 24.1 Å². The molecule has 6 nitrogen and oxygen atoms in total. The van der Waals surface area contributed by atoms with E-state index in [1.54, 1.807) is 18.2 Å². The predicted molar refractivity (Wildman–Crippen MR) is 122 cm³/mol. The lowest BCUT2D eigenvalue weighted by Crippen LogP contribution is -2.49. The third kappa shape index (κ3) is 7.71. The van der Waals surface area contributed by atoms with Crippen LogP contribution in [0.5, 0.6) is 5.75 Å². The summed E-state index contributed by atoms with van der Waals surface area (Å²) in [6, 6.07) is 7.22. The summed E-state index contributed by atoms with van der Waals surface area (Å²) in [6.07, 6.45) is 0. The number of aliphatic imine (C=N–C) groups is 1. The van der Waals surface area contributed by atoms with Gasteiger partial charge in [-0.05, 0) is 32.9 Å². The van der Waals surface area contributed by atoms with Crippen molar-refractivity contribution in [2.24, 2.45) is 4.99 Å². The van der Waals surface area contributed by atoms with Gasteiger partial charge in [-0.2, -0.15) is 0 Å². The topological polar surface area (TPSA) is 49.3 Å². The Bertz CT molecular complexity index is 605. The summed E-state index contributed by atoms with van der Waals surface area (Å²) in [5.41, 5.74) is 0. The van der Waals surface area contributed by atoms with Crippen LogP contribution in [0.1, 0.15) is 20.8 Å². The second-order valence-electron chi connectivity index (χ2n) is 6.91. The van der Waals surface area contributed by atoms with Gasteiger partial charge in [0.05, 0.1) is 26.3 Å². The summed E-state index contributed by atoms with van der Waals surface area (Å²) >= 11 is 0. The summed E-state index contributed by atoms with van der Waals surface area (Å²) in [6.45, 7) is 11.5. The molecular weight excluding hydrogens is 474 g/mol. The van der Waals surface area contributed by atoms with Crippen molar-refractivity contribution in [1.29, 1.82) is 0 Å². The fourth-order valence-corrected chi connectivity index (χ4v) is 3.15. The SMILES string of the molecule is CCNC(=NCC(C)N1CCOCC1C)N(C)CCOc1ccccc1F.I. The Kier molecular flexibility index (Phi) is 11.7. The second kappa shape index (κ2) is 13.2. The highest BCUT2D eigenvalue weighted by atomic mass is 127. The fraction of sp³-hybridized carbons (Fsp3) is 0.650. The van der Waals surface area contributed by atoms with Gasteiger partial charge in [0, 0.05) is 32.2 Å². The zero-order chi connectivity index (χ0) is 19.6. The lowest BCUT2D eigenvalue weighted by molar-refractivity contribution is -0.0166. The number of para-hydroxylation sites is 1. The Labute approximate surface area is 185 Å². The molecule has 1 aromatic carbocycles. The summed E-state index contributed by atoms with van der Waals surface area (Å²) in [4.78, 5) is 9.24. The van der Waals surface area contributed by atoms with E-state index in [9.17, 15) is 4.39 Å². The van der Waals surface area contributed by atoms with Crippen LogP contribution >= 0.6 is 24.0 Å². The van der Waals surface area contributed by atoms with Gasteiger partial charge in [0.25, 0.3) is 0 Å². The smallest absolute Gasteiger partial charge is 0.193 e. The second-order valence-corrected chi connectivity index (χ2v) is 6.91. The molecule has 0 saturated carbocycles. The maximum atomic E-state index is 13.6. The normalized spacial score (nSPS) is 18.9. The first-order valence-electron chi connectivity index (χ1n) is 9.73. The van der Waals surface area contributed by atoms with Crippen LogP contribution in [0.15, 0.2) is 29.3 Å². The number of rotatable bonds is 8. The van der Waals surface area contributed by atoms with Gasteiger partial charge >= 0.3 is 0 Å². The molecule has 0 spiro atoms. The van der Waals surface area contributed by atoms with Gasteiger partial charge in [-0.25, -0.2) is 4.39 Å². The van der Waals surface area contributed by atoms with Crippen LogP contribution in [0.2, 0.25) is 0 Å². The van der Waals surface area contributed by atoms with Crippen molar-refractivity contribution in [3.63, 3.8) is 0 Å². The van der Waals surface area contributed by atoms with E-state index in [-0.39, 0.29) is 35.5 Å². The van der Waals surface area contributed by atoms with Crippen molar-refractivity contribution < 1.29 is 13.9 Å². The maximum Gasteiger partial charge on any atom is 0.193 e. The van der Waals surface area contributed by atoms with Crippen LogP contribution in [0, 0.1) is 5.82 Å². The van der Waals surface area contributed by atoms with Crippen molar-refractivity contribution in [1.82, 2.24) is 15.1 Å². The van der Waals surface area contributed by atoms with Crippen LogP contribution in [0.3, 0.4) is 0 Å². The molecule has 1 heterocycles. The standard InChI is InChI=1S/C20H33FN4O2.HI/c1-5-22-20(23-14-16(2)25-11-12-26-15-17(25)3)24(4)10-13-27-19-9-7-6-8-18(19)21;/h6-9,16-17H,5,10-15H2,1-4H3,(H,22,23);1H. The van der Waals surface area contributed by atoms with Gasteiger partial charge in [0.15, 0.2) is 17.5 Å². The summed E-state index contributed by atoms with van der Waals surface area (Å²) in [5.74, 6) is 0.777. The predicted octanol–water partition coefficient (Wildman–Crippen LogP) is 2.83. The van der Waals surface area contributed by atoms with Gasteiger partial charge in [-0.15, -0.1) is 24.0 Å². The Morgan fingerprint density at radius 1 is 1.46 bits per heavy atom. The Hall–Kier alpha value is -1.13. The number of nitrogens with one attached hydrogen (secondary N) is 1. The molecule has 1 aliphatic heterocycles. The molecule has 8 heteroatoms. The molecule has 2 unspecified atom stereocenters. The van der Waals surface area contributed by atoms with Crippen molar-refractivity contribution in [3.05, 3.63) is 30.1 Å². The number of benzene rings is 1. The number of hydrogen-bond donors (Lipinski definition) is 1. The average Bonchev–Trinajstić information content (AvgIpc) is 2.66. The van der Waals surface area contributed by atoms with E-state index >= 15 is 0 Å². The molecule has 0 aliphatic carbocycles. The monoisotopic (exact) mass is 508 g/mol. The van der Waals surface area contributed by atoms with E-state index in [0.29, 0.717) is 31.8 Å². The fourth-order valence-electron chi connectivity index (χ4n) is 3.15. The third-order valence-electron chi connectivity index (χ3n) is 4.71. The van der Waals surface area contributed by atoms with Crippen LogP contribution in [0.25, 0.3) is 0 Å². The van der Waals surface area contributed by atoms with E-state index < -0.39 is 0 Å². The minimum atomic E-state index is -0.339. The van der Waals surface area contributed by atoms with Crippen LogP contribution in [0.4, 0.5) is 4.39 Å². The lowest BCUT2D eigenvalue weighted by atomic mass is 10.2. The summed E-state index contributed by atoms with van der Waals surface area (Å²) in [7, 11) is 1.97. The highest BCUT2D eigenvalue weighted by Gasteiger charge is 2.23. The van der Waals surface area contributed by atoms with Gasteiger partial charge in [-0.1, -0.05) is 12.1 Å². The minimum absolute atomic E-state index is 0. The van der Waals surface area contributed by atoms with Crippen molar-refractivity contribution >= 4 is 29.9 Å². The molecule has 1 saturated heterocycles. The number of hydrogen-bond acceptors (Lipinski definition) is 4. The molecule has 2 atom stereocenters. The molecule has 2 rings (SSSR count). The van der Waals surface area contributed by atoms with Crippen molar-refractivity contribution in [3.8, 4) is 5.75 Å². The van der Waals surface area contributed by atoms with E-state index in [4.69, 9.17) is 14.5 Å². The first-order chi connectivity index (χ1) is 13.0. The lowest BCUT2D eigenvalue weighted by Gasteiger charge is -2.37. The Morgan fingerprint density at radius 3 is 2.89 bits per heavy atom.